The second-order valence-corrected chi connectivity index (χ2v) is 6.44. The average molecular weight is 334 g/mol. The van der Waals surface area contributed by atoms with Gasteiger partial charge in [-0.3, -0.25) is 4.90 Å². The second-order valence-electron chi connectivity index (χ2n) is 5.88. The number of hydrogen-bond acceptors (Lipinski definition) is 3. The van der Waals surface area contributed by atoms with Crippen molar-refractivity contribution in [2.45, 2.75) is 36.7 Å². The van der Waals surface area contributed by atoms with Crippen LogP contribution in [0.4, 0.5) is 5.69 Å². The van der Waals surface area contributed by atoms with E-state index in [9.17, 15) is 5.26 Å². The fraction of sp³-hybridized carbons (Fsp3) is 0.562. The van der Waals surface area contributed by atoms with Crippen LogP contribution in [0.15, 0.2) is 18.2 Å². The Morgan fingerprint density at radius 1 is 1.30 bits per heavy atom. The highest BCUT2D eigenvalue weighted by Crippen LogP contribution is 2.32. The highest BCUT2D eigenvalue weighted by molar-refractivity contribution is 9.08. The standard InChI is InChI=1S/C16H20BrN3/c1-19-14-3-4-15(19)11-20(7-6-14)16-5-2-12(9-17)8-13(16)10-18/h2,5,8,14-15H,3-4,6-7,9,11H2,1H3. The van der Waals surface area contributed by atoms with Gasteiger partial charge in [-0.15, -0.1) is 0 Å². The summed E-state index contributed by atoms with van der Waals surface area (Å²) in [6.45, 7) is 2.11. The monoisotopic (exact) mass is 333 g/mol. The number of likely N-dealkylation sites (N-methyl/N-ethyl adjacent to an activating group) is 1. The van der Waals surface area contributed by atoms with Crippen LogP contribution >= 0.6 is 15.9 Å². The van der Waals surface area contributed by atoms with Gasteiger partial charge in [0.2, 0.25) is 0 Å². The van der Waals surface area contributed by atoms with E-state index in [0.717, 1.165) is 35.7 Å². The van der Waals surface area contributed by atoms with E-state index in [1.807, 2.05) is 6.07 Å². The minimum atomic E-state index is 0.643. The van der Waals surface area contributed by atoms with Gasteiger partial charge in [-0.2, -0.15) is 5.26 Å². The highest BCUT2D eigenvalue weighted by atomic mass is 79.9. The average Bonchev–Trinajstić information content (AvgIpc) is 2.72. The summed E-state index contributed by atoms with van der Waals surface area (Å²) in [5.74, 6) is 0. The van der Waals surface area contributed by atoms with Crippen LogP contribution in [0.2, 0.25) is 0 Å². The number of benzene rings is 1. The third-order valence-corrected chi connectivity index (χ3v) is 5.47. The Morgan fingerprint density at radius 3 is 2.85 bits per heavy atom. The Labute approximate surface area is 129 Å². The molecule has 0 radical (unpaired) electrons. The minimum Gasteiger partial charge on any atom is -0.369 e. The van der Waals surface area contributed by atoms with Gasteiger partial charge in [-0.25, -0.2) is 0 Å². The van der Waals surface area contributed by atoms with Crippen molar-refractivity contribution in [3.63, 3.8) is 0 Å². The molecule has 3 nitrogen and oxygen atoms in total. The molecule has 1 aromatic rings. The lowest BCUT2D eigenvalue weighted by molar-refractivity contribution is 0.254. The molecule has 0 N–H and O–H groups in total. The van der Waals surface area contributed by atoms with Crippen molar-refractivity contribution in [1.82, 2.24) is 4.90 Å². The summed E-state index contributed by atoms with van der Waals surface area (Å²) < 4.78 is 0. The van der Waals surface area contributed by atoms with E-state index >= 15 is 0 Å². The summed E-state index contributed by atoms with van der Waals surface area (Å²) >= 11 is 3.46. The summed E-state index contributed by atoms with van der Waals surface area (Å²) in [5.41, 5.74) is 3.08. The number of nitriles is 1. The Balaban J connectivity index is 1.88. The first-order chi connectivity index (χ1) is 9.72. The summed E-state index contributed by atoms with van der Waals surface area (Å²) in [5, 5.41) is 10.2. The molecule has 2 heterocycles. The van der Waals surface area contributed by atoms with Crippen molar-refractivity contribution in [3.05, 3.63) is 29.3 Å². The van der Waals surface area contributed by atoms with Gasteiger partial charge in [-0.1, -0.05) is 22.0 Å². The van der Waals surface area contributed by atoms with E-state index in [0.29, 0.717) is 6.04 Å². The van der Waals surface area contributed by atoms with Crippen LogP contribution in [0.1, 0.15) is 30.4 Å². The van der Waals surface area contributed by atoms with Crippen LogP contribution < -0.4 is 4.90 Å². The lowest BCUT2D eigenvalue weighted by Gasteiger charge is -2.28. The Morgan fingerprint density at radius 2 is 2.10 bits per heavy atom. The Kier molecular flexibility index (Phi) is 4.00. The van der Waals surface area contributed by atoms with Gasteiger partial charge in [0.15, 0.2) is 0 Å². The Hall–Kier alpha value is -1.05. The molecular weight excluding hydrogens is 314 g/mol. The fourth-order valence-corrected chi connectivity index (χ4v) is 3.91. The van der Waals surface area contributed by atoms with E-state index in [1.54, 1.807) is 0 Å². The molecule has 106 valence electrons. The van der Waals surface area contributed by atoms with Gasteiger partial charge in [0.25, 0.3) is 0 Å². The number of rotatable bonds is 2. The van der Waals surface area contributed by atoms with Crippen LogP contribution in [0.25, 0.3) is 0 Å². The lowest BCUT2D eigenvalue weighted by atomic mass is 10.1. The molecule has 1 aromatic carbocycles. The van der Waals surface area contributed by atoms with Crippen molar-refractivity contribution in [2.24, 2.45) is 0 Å². The van der Waals surface area contributed by atoms with Crippen LogP contribution in [0.3, 0.4) is 0 Å². The molecule has 2 saturated heterocycles. The first kappa shape index (κ1) is 13.9. The number of anilines is 1. The molecule has 2 unspecified atom stereocenters. The number of fused-ring (bicyclic) bond motifs is 2. The summed E-state index contributed by atoms with van der Waals surface area (Å²) in [6.07, 6.45) is 3.83. The van der Waals surface area contributed by atoms with Gasteiger partial charge in [-0.05, 0) is 44.0 Å². The summed E-state index contributed by atoms with van der Waals surface area (Å²) in [4.78, 5) is 4.95. The quantitative estimate of drug-likeness (QED) is 0.779. The highest BCUT2D eigenvalue weighted by Gasteiger charge is 2.35. The third kappa shape index (κ3) is 2.45. The molecule has 20 heavy (non-hydrogen) atoms. The predicted molar refractivity (Wildman–Crippen MR) is 85.2 cm³/mol. The molecule has 2 bridgehead atoms. The maximum Gasteiger partial charge on any atom is 0.101 e. The molecule has 0 aliphatic carbocycles. The molecule has 0 amide bonds. The molecule has 2 fully saturated rings. The molecule has 0 aromatic heterocycles. The number of nitrogens with zero attached hydrogens (tertiary/aromatic N) is 3. The topological polar surface area (TPSA) is 30.3 Å². The van der Waals surface area contributed by atoms with Gasteiger partial charge in [0.05, 0.1) is 11.3 Å². The summed E-state index contributed by atoms with van der Waals surface area (Å²) in [7, 11) is 2.25. The van der Waals surface area contributed by atoms with Crippen LogP contribution in [-0.2, 0) is 5.33 Å². The van der Waals surface area contributed by atoms with Gasteiger partial charge >= 0.3 is 0 Å². The van der Waals surface area contributed by atoms with Gasteiger partial charge < -0.3 is 4.90 Å². The van der Waals surface area contributed by atoms with Crippen molar-refractivity contribution in [1.29, 1.82) is 5.26 Å². The zero-order valence-electron chi connectivity index (χ0n) is 11.8. The normalized spacial score (nSPS) is 26.4. The van der Waals surface area contributed by atoms with Crippen LogP contribution in [0, 0.1) is 11.3 Å². The predicted octanol–water partition coefficient (Wildman–Crippen LogP) is 3.13. The van der Waals surface area contributed by atoms with Crippen molar-refractivity contribution >= 4 is 21.6 Å². The number of halogens is 1. The molecule has 4 heteroatoms. The van der Waals surface area contributed by atoms with Gasteiger partial charge in [0, 0.05) is 30.5 Å². The zero-order valence-corrected chi connectivity index (χ0v) is 13.4. The van der Waals surface area contributed by atoms with Crippen LogP contribution in [0.5, 0.6) is 0 Å². The van der Waals surface area contributed by atoms with Crippen molar-refractivity contribution in [2.75, 3.05) is 25.0 Å². The van der Waals surface area contributed by atoms with E-state index in [-0.39, 0.29) is 0 Å². The lowest BCUT2D eigenvalue weighted by Crippen LogP contribution is -2.36. The molecule has 0 saturated carbocycles. The van der Waals surface area contributed by atoms with E-state index in [4.69, 9.17) is 0 Å². The Bertz CT molecular complexity index is 537. The largest absolute Gasteiger partial charge is 0.369 e. The molecular formula is C16H20BrN3. The molecule has 2 atom stereocenters. The van der Waals surface area contributed by atoms with Gasteiger partial charge in [0.1, 0.15) is 6.07 Å². The van der Waals surface area contributed by atoms with Crippen molar-refractivity contribution < 1.29 is 0 Å². The molecule has 0 spiro atoms. The molecule has 3 rings (SSSR count). The number of hydrogen-bond donors (Lipinski definition) is 0. The fourth-order valence-electron chi connectivity index (χ4n) is 3.56. The smallest absolute Gasteiger partial charge is 0.101 e. The summed E-state index contributed by atoms with van der Waals surface area (Å²) in [6, 6.07) is 10.00. The van der Waals surface area contributed by atoms with Crippen molar-refractivity contribution in [3.8, 4) is 6.07 Å². The zero-order chi connectivity index (χ0) is 14.1. The maximum atomic E-state index is 9.42. The molecule has 2 aliphatic heterocycles. The van der Waals surface area contributed by atoms with Crippen LogP contribution in [-0.4, -0.2) is 37.1 Å². The minimum absolute atomic E-state index is 0.643. The first-order valence-corrected chi connectivity index (χ1v) is 8.41. The SMILES string of the molecule is CN1C2CCC1CN(c1ccc(CBr)cc1C#N)CC2. The first-order valence-electron chi connectivity index (χ1n) is 7.29. The maximum absolute atomic E-state index is 9.42. The van der Waals surface area contributed by atoms with E-state index in [2.05, 4.69) is 51.0 Å². The second kappa shape index (κ2) is 5.75. The molecule has 2 aliphatic rings. The number of alkyl halides is 1. The van der Waals surface area contributed by atoms with E-state index < -0.39 is 0 Å². The third-order valence-electron chi connectivity index (χ3n) is 4.82. The van der Waals surface area contributed by atoms with E-state index in [1.165, 1.54) is 24.8 Å².